The molecule has 8 heteroatoms. The maximum Gasteiger partial charge on any atom is 0.332 e. The van der Waals surface area contributed by atoms with Crippen LogP contribution >= 0.6 is 0 Å². The predicted octanol–water partition coefficient (Wildman–Crippen LogP) is -0.133. The summed E-state index contributed by atoms with van der Waals surface area (Å²) < 4.78 is 7.96. The monoisotopic (exact) mass is 335 g/mol. The summed E-state index contributed by atoms with van der Waals surface area (Å²) in [6.45, 7) is 7.41. The van der Waals surface area contributed by atoms with E-state index in [0.29, 0.717) is 6.54 Å². The minimum atomic E-state index is -0.570. The van der Waals surface area contributed by atoms with E-state index >= 15 is 0 Å². The molecule has 1 fully saturated rings. The van der Waals surface area contributed by atoms with E-state index in [1.165, 1.54) is 11.6 Å². The Bertz CT molecular complexity index is 736. The number of aromatic nitrogens is 2. The van der Waals surface area contributed by atoms with Gasteiger partial charge in [-0.05, 0) is 20.3 Å². The highest BCUT2D eigenvalue weighted by molar-refractivity contribution is 5.51. The summed E-state index contributed by atoms with van der Waals surface area (Å²) in [6, 6.07) is 1.89. The van der Waals surface area contributed by atoms with E-state index in [-0.39, 0.29) is 23.6 Å². The van der Waals surface area contributed by atoms with Crippen LogP contribution < -0.4 is 16.6 Å². The third-order valence-electron chi connectivity index (χ3n) is 4.22. The van der Waals surface area contributed by atoms with Crippen molar-refractivity contribution in [1.29, 1.82) is 5.26 Å². The van der Waals surface area contributed by atoms with E-state index in [1.54, 1.807) is 7.05 Å². The largest absolute Gasteiger partial charge is 0.373 e. The number of nitrogens with zero attached hydrogens (tertiary/aromatic N) is 4. The van der Waals surface area contributed by atoms with Crippen LogP contribution in [0, 0.1) is 11.3 Å². The van der Waals surface area contributed by atoms with E-state index in [1.807, 2.05) is 6.07 Å². The molecular formula is C16H25N5O3. The predicted molar refractivity (Wildman–Crippen MR) is 91.2 cm³/mol. The zero-order valence-corrected chi connectivity index (χ0v) is 14.7. The summed E-state index contributed by atoms with van der Waals surface area (Å²) in [5.41, 5.74) is -1.05. The number of morpholine rings is 1. The van der Waals surface area contributed by atoms with Gasteiger partial charge in [0.25, 0.3) is 5.56 Å². The van der Waals surface area contributed by atoms with Crippen molar-refractivity contribution in [3.8, 4) is 6.07 Å². The van der Waals surface area contributed by atoms with Crippen molar-refractivity contribution in [2.75, 3.05) is 31.5 Å². The smallest absolute Gasteiger partial charge is 0.332 e. The van der Waals surface area contributed by atoms with Crippen LogP contribution in [0.5, 0.6) is 0 Å². The average Bonchev–Trinajstić information content (AvgIpc) is 2.53. The lowest BCUT2D eigenvalue weighted by Gasteiger charge is -2.35. The molecule has 0 amide bonds. The Balaban J connectivity index is 1.99. The number of hydrogen-bond donors (Lipinski definition) is 1. The maximum absolute atomic E-state index is 12.0. The Kier molecular flexibility index (Phi) is 5.80. The van der Waals surface area contributed by atoms with E-state index in [0.717, 1.165) is 30.6 Å². The van der Waals surface area contributed by atoms with Crippen molar-refractivity contribution >= 4 is 5.82 Å². The van der Waals surface area contributed by atoms with E-state index < -0.39 is 11.2 Å². The normalized spacial score (nSPS) is 21.5. The van der Waals surface area contributed by atoms with Crippen molar-refractivity contribution in [2.24, 2.45) is 14.1 Å². The molecule has 0 unspecified atom stereocenters. The first-order valence-electron chi connectivity index (χ1n) is 8.17. The topological polar surface area (TPSA) is 92.3 Å². The van der Waals surface area contributed by atoms with Crippen LogP contribution in [-0.2, 0) is 18.8 Å². The van der Waals surface area contributed by atoms with Crippen molar-refractivity contribution in [1.82, 2.24) is 14.0 Å². The molecule has 2 atom stereocenters. The number of nitriles is 1. The summed E-state index contributed by atoms with van der Waals surface area (Å²) in [4.78, 5) is 26.3. The lowest BCUT2D eigenvalue weighted by molar-refractivity contribution is -0.0678. The molecule has 0 radical (unpaired) electrons. The molecule has 1 aliphatic heterocycles. The zero-order chi connectivity index (χ0) is 17.9. The van der Waals surface area contributed by atoms with E-state index in [2.05, 4.69) is 24.1 Å². The highest BCUT2D eigenvalue weighted by Gasteiger charge is 2.21. The second kappa shape index (κ2) is 7.64. The fourth-order valence-electron chi connectivity index (χ4n) is 3.13. The molecule has 2 rings (SSSR count). The first kappa shape index (κ1) is 18.2. The van der Waals surface area contributed by atoms with E-state index in [9.17, 15) is 14.9 Å². The van der Waals surface area contributed by atoms with Crippen molar-refractivity contribution in [3.05, 3.63) is 26.4 Å². The molecule has 1 aromatic heterocycles. The van der Waals surface area contributed by atoms with Crippen LogP contribution in [0.1, 0.15) is 25.8 Å². The lowest BCUT2D eigenvalue weighted by Crippen LogP contribution is -2.46. The van der Waals surface area contributed by atoms with Gasteiger partial charge in [0, 0.05) is 40.3 Å². The Morgan fingerprint density at radius 3 is 2.42 bits per heavy atom. The molecule has 0 bridgehead atoms. The Hall–Kier alpha value is -2.11. The molecule has 1 aromatic rings. The Morgan fingerprint density at radius 2 is 1.83 bits per heavy atom. The number of hydrogen-bond acceptors (Lipinski definition) is 6. The SMILES string of the molecule is C[C@@H]1CN(CCCNc2c(C#N)c(=O)n(C)c(=O)n2C)C[C@H](C)O1. The number of rotatable bonds is 5. The van der Waals surface area contributed by atoms with Crippen LogP contribution in [0.25, 0.3) is 0 Å². The minimum Gasteiger partial charge on any atom is -0.373 e. The van der Waals surface area contributed by atoms with Crippen LogP contribution in [0.2, 0.25) is 0 Å². The highest BCUT2D eigenvalue weighted by atomic mass is 16.5. The third-order valence-corrected chi connectivity index (χ3v) is 4.22. The first-order chi connectivity index (χ1) is 11.3. The summed E-state index contributed by atoms with van der Waals surface area (Å²) in [7, 11) is 2.92. The molecule has 0 saturated carbocycles. The summed E-state index contributed by atoms with van der Waals surface area (Å²) in [5.74, 6) is 0.286. The third kappa shape index (κ3) is 3.86. The fourth-order valence-corrected chi connectivity index (χ4v) is 3.13. The van der Waals surface area contributed by atoms with Gasteiger partial charge >= 0.3 is 5.69 Å². The average molecular weight is 335 g/mol. The van der Waals surface area contributed by atoms with Gasteiger partial charge < -0.3 is 10.1 Å². The molecule has 0 aliphatic carbocycles. The lowest BCUT2D eigenvalue weighted by atomic mass is 10.2. The minimum absolute atomic E-state index is 0.0341. The van der Waals surface area contributed by atoms with Gasteiger partial charge in [0.2, 0.25) is 0 Å². The fraction of sp³-hybridized carbons (Fsp3) is 0.688. The maximum atomic E-state index is 12.0. The zero-order valence-electron chi connectivity index (χ0n) is 14.7. The van der Waals surface area contributed by atoms with Crippen molar-refractivity contribution in [2.45, 2.75) is 32.5 Å². The number of nitrogens with one attached hydrogen (secondary N) is 1. The second-order valence-corrected chi connectivity index (χ2v) is 6.34. The molecule has 0 spiro atoms. The number of anilines is 1. The highest BCUT2D eigenvalue weighted by Crippen LogP contribution is 2.11. The van der Waals surface area contributed by atoms with E-state index in [4.69, 9.17) is 4.74 Å². The summed E-state index contributed by atoms with van der Waals surface area (Å²) in [6.07, 6.45) is 1.29. The standard InChI is InChI=1S/C16H25N5O3/c1-11-9-21(10-12(2)24-11)7-5-6-18-14-13(8-17)15(22)20(4)16(23)19(14)3/h11-12,18H,5-7,9-10H2,1-4H3/t11-,12+. The first-order valence-corrected chi connectivity index (χ1v) is 8.17. The van der Waals surface area contributed by atoms with Gasteiger partial charge in [-0.25, -0.2) is 4.79 Å². The van der Waals surface area contributed by atoms with Gasteiger partial charge in [-0.1, -0.05) is 0 Å². The van der Waals surface area contributed by atoms with Crippen LogP contribution in [0.15, 0.2) is 9.59 Å². The molecule has 1 N–H and O–H groups in total. The summed E-state index contributed by atoms with van der Waals surface area (Å²) >= 11 is 0. The van der Waals surface area contributed by atoms with Crippen molar-refractivity contribution in [3.63, 3.8) is 0 Å². The van der Waals surface area contributed by atoms with Gasteiger partial charge in [0.1, 0.15) is 11.9 Å². The molecular weight excluding hydrogens is 310 g/mol. The second-order valence-electron chi connectivity index (χ2n) is 6.34. The van der Waals surface area contributed by atoms with Gasteiger partial charge in [0.15, 0.2) is 5.56 Å². The number of ether oxygens (including phenoxy) is 1. The van der Waals surface area contributed by atoms with Crippen LogP contribution in [0.4, 0.5) is 5.82 Å². The molecule has 1 aliphatic rings. The molecule has 0 aromatic carbocycles. The van der Waals surface area contributed by atoms with Gasteiger partial charge in [-0.3, -0.25) is 18.8 Å². The van der Waals surface area contributed by atoms with Gasteiger partial charge in [-0.2, -0.15) is 5.26 Å². The summed E-state index contributed by atoms with van der Waals surface area (Å²) in [5, 5.41) is 12.3. The van der Waals surface area contributed by atoms with Gasteiger partial charge in [-0.15, -0.1) is 0 Å². The molecule has 132 valence electrons. The molecule has 24 heavy (non-hydrogen) atoms. The van der Waals surface area contributed by atoms with Crippen molar-refractivity contribution < 1.29 is 4.74 Å². The van der Waals surface area contributed by atoms with Crippen LogP contribution in [0.3, 0.4) is 0 Å². The molecule has 2 heterocycles. The Morgan fingerprint density at radius 1 is 1.21 bits per heavy atom. The van der Waals surface area contributed by atoms with Gasteiger partial charge in [0.05, 0.1) is 12.2 Å². The Labute approximate surface area is 141 Å². The van der Waals surface area contributed by atoms with Crippen LogP contribution in [-0.4, -0.2) is 52.4 Å². The molecule has 8 nitrogen and oxygen atoms in total. The molecule has 1 saturated heterocycles. The quantitative estimate of drug-likeness (QED) is 0.754.